The molecule has 2 fully saturated rings. The first-order chi connectivity index (χ1) is 10.5. The van der Waals surface area contributed by atoms with Crippen LogP contribution in [-0.4, -0.2) is 35.1 Å². The molecule has 7 nitrogen and oxygen atoms in total. The maximum atomic E-state index is 12.2. The molecule has 2 aliphatic heterocycles. The van der Waals surface area contributed by atoms with E-state index in [0.717, 1.165) is 5.56 Å². The van der Waals surface area contributed by atoms with E-state index in [-0.39, 0.29) is 6.10 Å². The molecule has 1 aromatic heterocycles. The Labute approximate surface area is 130 Å². The van der Waals surface area contributed by atoms with Gasteiger partial charge >= 0.3 is 5.97 Å². The Morgan fingerprint density at radius 1 is 1.23 bits per heavy atom. The summed E-state index contributed by atoms with van der Waals surface area (Å²) in [6, 6.07) is 1.81. The minimum atomic E-state index is -1.03. The number of amides is 2. The van der Waals surface area contributed by atoms with Gasteiger partial charge < -0.3 is 9.84 Å². The third-order valence-electron chi connectivity index (χ3n) is 4.23. The van der Waals surface area contributed by atoms with Crippen LogP contribution in [-0.2, 0) is 14.3 Å². The summed E-state index contributed by atoms with van der Waals surface area (Å²) >= 11 is 1.28. The molecule has 0 spiro atoms. The van der Waals surface area contributed by atoms with Gasteiger partial charge in [-0.25, -0.2) is 0 Å². The van der Waals surface area contributed by atoms with Crippen molar-refractivity contribution < 1.29 is 24.2 Å². The maximum absolute atomic E-state index is 12.2. The van der Waals surface area contributed by atoms with E-state index in [9.17, 15) is 19.5 Å². The number of carboxylic acids is 1. The van der Waals surface area contributed by atoms with Crippen LogP contribution in [0.1, 0.15) is 28.1 Å². The van der Waals surface area contributed by atoms with Gasteiger partial charge in [-0.1, -0.05) is 0 Å². The quantitative estimate of drug-likeness (QED) is 0.710. The fourth-order valence-electron chi connectivity index (χ4n) is 3.19. The number of thiophene rings is 1. The number of carbonyl (C=O) groups is 3. The first-order valence-corrected chi connectivity index (χ1v) is 7.89. The molecule has 22 heavy (non-hydrogen) atoms. The summed E-state index contributed by atoms with van der Waals surface area (Å²) in [6.07, 6.45) is 0.538. The van der Waals surface area contributed by atoms with E-state index in [1.807, 2.05) is 6.07 Å². The lowest BCUT2D eigenvalue weighted by molar-refractivity contribution is -0.148. The second kappa shape index (κ2) is 5.69. The molecular formula is C14H16N2O5S. The summed E-state index contributed by atoms with van der Waals surface area (Å²) in [5.41, 5.74) is 5.50. The van der Waals surface area contributed by atoms with Gasteiger partial charge in [0.25, 0.3) is 5.91 Å². The van der Waals surface area contributed by atoms with E-state index in [0.29, 0.717) is 17.7 Å². The Balaban J connectivity index is 1.63. The van der Waals surface area contributed by atoms with Crippen LogP contribution in [0.3, 0.4) is 0 Å². The van der Waals surface area contributed by atoms with E-state index in [4.69, 9.17) is 4.74 Å². The van der Waals surface area contributed by atoms with Crippen LogP contribution in [0.5, 0.6) is 0 Å². The number of hydrogen-bond donors (Lipinski definition) is 3. The van der Waals surface area contributed by atoms with Crippen LogP contribution in [0.2, 0.25) is 0 Å². The lowest BCUT2D eigenvalue weighted by Gasteiger charge is -2.23. The van der Waals surface area contributed by atoms with Gasteiger partial charge in [0.05, 0.1) is 28.9 Å². The Morgan fingerprint density at radius 3 is 2.50 bits per heavy atom. The highest BCUT2D eigenvalue weighted by molar-refractivity contribution is 7.12. The largest absolute Gasteiger partial charge is 0.481 e. The van der Waals surface area contributed by atoms with Gasteiger partial charge in [0, 0.05) is 0 Å². The zero-order valence-electron chi connectivity index (χ0n) is 11.9. The van der Waals surface area contributed by atoms with Crippen molar-refractivity contribution in [2.24, 2.45) is 11.8 Å². The monoisotopic (exact) mass is 324 g/mol. The number of carbonyl (C=O) groups excluding carboxylic acids is 2. The van der Waals surface area contributed by atoms with Gasteiger partial charge in [-0.05, 0) is 36.8 Å². The predicted molar refractivity (Wildman–Crippen MR) is 77.2 cm³/mol. The van der Waals surface area contributed by atoms with Crippen molar-refractivity contribution in [2.75, 3.05) is 0 Å². The van der Waals surface area contributed by atoms with E-state index in [2.05, 4.69) is 10.9 Å². The fourth-order valence-corrected chi connectivity index (χ4v) is 4.01. The first-order valence-electron chi connectivity index (χ1n) is 7.01. The Bertz CT molecular complexity index is 629. The molecule has 0 aromatic carbocycles. The smallest absolute Gasteiger partial charge is 0.310 e. The highest BCUT2D eigenvalue weighted by atomic mass is 32.1. The average molecular weight is 324 g/mol. The molecule has 3 rings (SSSR count). The third-order valence-corrected chi connectivity index (χ3v) is 5.24. The molecule has 4 atom stereocenters. The van der Waals surface area contributed by atoms with E-state index in [1.165, 1.54) is 11.3 Å². The molecule has 0 aliphatic carbocycles. The number of rotatable bonds is 3. The fraction of sp³-hybridized carbons (Fsp3) is 0.500. The predicted octanol–water partition coefficient (Wildman–Crippen LogP) is 0.696. The van der Waals surface area contributed by atoms with Gasteiger partial charge in [-0.2, -0.15) is 0 Å². The summed E-state index contributed by atoms with van der Waals surface area (Å²) in [5, 5.41) is 11.1. The molecule has 0 saturated carbocycles. The zero-order valence-corrected chi connectivity index (χ0v) is 12.7. The number of aliphatic carboxylic acids is 1. The van der Waals surface area contributed by atoms with Crippen molar-refractivity contribution in [1.82, 2.24) is 10.9 Å². The van der Waals surface area contributed by atoms with Crippen molar-refractivity contribution >= 4 is 29.1 Å². The first kappa shape index (κ1) is 15.0. The number of hydrazine groups is 1. The van der Waals surface area contributed by atoms with Crippen molar-refractivity contribution in [3.8, 4) is 0 Å². The Morgan fingerprint density at radius 2 is 1.91 bits per heavy atom. The highest BCUT2D eigenvalue weighted by Gasteiger charge is 2.55. The standard InChI is InChI=1S/C14H16N2O5S/c1-6-4-5-22-11(6)13(18)16-15-12(17)9-7-2-3-8(21-7)10(9)14(19)20/h4-5,7-10H,2-3H2,1H3,(H,15,17)(H,16,18)(H,19,20)/t7-,8+,9-,10-/m0/s1. The van der Waals surface area contributed by atoms with Crippen molar-refractivity contribution in [3.05, 3.63) is 21.9 Å². The normalized spacial score (nSPS) is 29.3. The number of fused-ring (bicyclic) bond motifs is 2. The van der Waals surface area contributed by atoms with Crippen molar-refractivity contribution in [2.45, 2.75) is 32.0 Å². The van der Waals surface area contributed by atoms with Crippen molar-refractivity contribution in [3.63, 3.8) is 0 Å². The van der Waals surface area contributed by atoms with Crippen LogP contribution < -0.4 is 10.9 Å². The molecule has 2 saturated heterocycles. The third kappa shape index (κ3) is 2.48. The average Bonchev–Trinajstić information content (AvgIpc) is 3.18. The molecule has 0 radical (unpaired) electrons. The minimum Gasteiger partial charge on any atom is -0.481 e. The second-order valence-electron chi connectivity index (χ2n) is 5.56. The van der Waals surface area contributed by atoms with Gasteiger partial charge in [-0.3, -0.25) is 25.2 Å². The van der Waals surface area contributed by atoms with Gasteiger partial charge in [0.15, 0.2) is 0 Å². The molecule has 3 heterocycles. The number of hydrogen-bond acceptors (Lipinski definition) is 5. The van der Waals surface area contributed by atoms with Crippen LogP contribution in [0, 0.1) is 18.8 Å². The number of carboxylic acid groups (broad SMARTS) is 1. The Kier molecular flexibility index (Phi) is 3.88. The lowest BCUT2D eigenvalue weighted by atomic mass is 9.79. The van der Waals surface area contributed by atoms with Crippen LogP contribution in [0.15, 0.2) is 11.4 Å². The molecule has 118 valence electrons. The SMILES string of the molecule is Cc1ccsc1C(=O)NNC(=O)[C@@H]1[C@@H](C(=O)O)[C@H]2CC[C@@H]1O2. The van der Waals surface area contributed by atoms with E-state index >= 15 is 0 Å². The summed E-state index contributed by atoms with van der Waals surface area (Å²) in [4.78, 5) is 36.0. The zero-order chi connectivity index (χ0) is 15.9. The summed E-state index contributed by atoms with van der Waals surface area (Å²) < 4.78 is 5.53. The Hall–Kier alpha value is -1.93. The molecule has 2 bridgehead atoms. The lowest BCUT2D eigenvalue weighted by Crippen LogP contribution is -2.50. The van der Waals surface area contributed by atoms with E-state index < -0.39 is 35.7 Å². The van der Waals surface area contributed by atoms with Gasteiger partial charge in [0.2, 0.25) is 5.91 Å². The van der Waals surface area contributed by atoms with Gasteiger partial charge in [0.1, 0.15) is 0 Å². The molecule has 8 heteroatoms. The van der Waals surface area contributed by atoms with Crippen LogP contribution in [0.25, 0.3) is 0 Å². The second-order valence-corrected chi connectivity index (χ2v) is 6.47. The molecular weight excluding hydrogens is 308 g/mol. The number of aryl methyl sites for hydroxylation is 1. The number of ether oxygens (including phenoxy) is 1. The minimum absolute atomic E-state index is 0.383. The van der Waals surface area contributed by atoms with E-state index in [1.54, 1.807) is 12.3 Å². The van der Waals surface area contributed by atoms with Crippen LogP contribution in [0.4, 0.5) is 0 Å². The highest BCUT2D eigenvalue weighted by Crippen LogP contribution is 2.43. The van der Waals surface area contributed by atoms with Crippen LogP contribution >= 0.6 is 11.3 Å². The maximum Gasteiger partial charge on any atom is 0.310 e. The summed E-state index contributed by atoms with van der Waals surface area (Å²) in [7, 11) is 0. The summed E-state index contributed by atoms with van der Waals surface area (Å²) in [6.45, 7) is 1.80. The molecule has 2 aliphatic rings. The van der Waals surface area contributed by atoms with Crippen molar-refractivity contribution in [1.29, 1.82) is 0 Å². The number of nitrogens with one attached hydrogen (secondary N) is 2. The van der Waals surface area contributed by atoms with Gasteiger partial charge in [-0.15, -0.1) is 11.3 Å². The molecule has 2 amide bonds. The topological polar surface area (TPSA) is 105 Å². The summed E-state index contributed by atoms with van der Waals surface area (Å²) in [5.74, 6) is -3.56. The molecule has 3 N–H and O–H groups in total. The molecule has 1 aromatic rings. The molecule has 0 unspecified atom stereocenters.